The lowest BCUT2D eigenvalue weighted by Crippen LogP contribution is -2.24. The first-order chi connectivity index (χ1) is 7.83. The Morgan fingerprint density at radius 1 is 0.625 bits per heavy atom. The summed E-state index contributed by atoms with van der Waals surface area (Å²) in [6, 6.07) is 0. The van der Waals surface area contributed by atoms with Crippen LogP contribution in [0.3, 0.4) is 0 Å². The molecule has 0 saturated heterocycles. The maximum atomic E-state index is 5.26. The molecule has 0 heterocycles. The molecular formula is C10H30N6. The highest BCUT2D eigenvalue weighted by molar-refractivity contribution is 4.47. The number of hydrogen-bond donors (Lipinski definition) is 6. The summed E-state index contributed by atoms with van der Waals surface area (Å²) in [6.45, 7) is 5.07. The van der Waals surface area contributed by atoms with Crippen LogP contribution in [0, 0.1) is 0 Å². The van der Waals surface area contributed by atoms with E-state index in [1.165, 1.54) is 6.42 Å². The van der Waals surface area contributed by atoms with Crippen molar-refractivity contribution in [2.24, 2.45) is 23.0 Å². The van der Waals surface area contributed by atoms with Gasteiger partial charge < -0.3 is 22.5 Å². The minimum atomic E-state index is 0.713. The molecule has 0 saturated carbocycles. The third-order valence-electron chi connectivity index (χ3n) is 1.90. The average Bonchev–Trinajstić information content (AvgIpc) is 2.31. The van der Waals surface area contributed by atoms with Crippen molar-refractivity contribution < 1.29 is 0 Å². The number of hydrazine groups is 1. The van der Waals surface area contributed by atoms with E-state index in [1.807, 2.05) is 0 Å². The van der Waals surface area contributed by atoms with Gasteiger partial charge in [-0.1, -0.05) is 6.42 Å². The number of nitrogens with one attached hydrogen (secondary N) is 2. The zero-order valence-electron chi connectivity index (χ0n) is 10.4. The molecule has 0 aromatic carbocycles. The average molecular weight is 234 g/mol. The van der Waals surface area contributed by atoms with Crippen LogP contribution in [-0.2, 0) is 0 Å². The van der Waals surface area contributed by atoms with E-state index in [9.17, 15) is 0 Å². The van der Waals surface area contributed by atoms with Crippen LogP contribution >= 0.6 is 0 Å². The number of rotatable bonds is 10. The standard InChI is InChI=1S/2C5H15N3/c6-2-1-4-8-5-3-7;6-4-2-1-3-5-8-7/h2*8H,1-7H2. The Balaban J connectivity index is 0. The topological polar surface area (TPSA) is 128 Å². The first kappa shape index (κ1) is 18.1. The smallest absolute Gasteiger partial charge is 0.00974 e. The summed E-state index contributed by atoms with van der Waals surface area (Å²) in [6.07, 6.45) is 4.47. The highest BCUT2D eigenvalue weighted by atomic mass is 15.2. The first-order valence-corrected chi connectivity index (χ1v) is 6.07. The molecule has 0 radical (unpaired) electrons. The van der Waals surface area contributed by atoms with Gasteiger partial charge in [0.25, 0.3) is 0 Å². The lowest BCUT2D eigenvalue weighted by molar-refractivity contribution is 0.624. The van der Waals surface area contributed by atoms with Gasteiger partial charge in [0, 0.05) is 19.6 Å². The molecule has 0 aromatic rings. The van der Waals surface area contributed by atoms with Crippen molar-refractivity contribution in [2.45, 2.75) is 25.7 Å². The quantitative estimate of drug-likeness (QED) is 0.154. The first-order valence-electron chi connectivity index (χ1n) is 6.07. The summed E-state index contributed by atoms with van der Waals surface area (Å²) < 4.78 is 0. The molecule has 0 aromatic heterocycles. The second-order valence-corrected chi connectivity index (χ2v) is 3.48. The van der Waals surface area contributed by atoms with Crippen LogP contribution in [0.2, 0.25) is 0 Å². The van der Waals surface area contributed by atoms with E-state index >= 15 is 0 Å². The minimum absolute atomic E-state index is 0.713. The maximum Gasteiger partial charge on any atom is 0.00974 e. The van der Waals surface area contributed by atoms with Gasteiger partial charge in [-0.2, -0.15) is 0 Å². The van der Waals surface area contributed by atoms with Crippen LogP contribution in [0.25, 0.3) is 0 Å². The van der Waals surface area contributed by atoms with Gasteiger partial charge >= 0.3 is 0 Å². The van der Waals surface area contributed by atoms with Gasteiger partial charge in [0.1, 0.15) is 0 Å². The van der Waals surface area contributed by atoms with Crippen LogP contribution < -0.4 is 33.8 Å². The number of hydrogen-bond acceptors (Lipinski definition) is 6. The molecule has 0 atom stereocenters. The van der Waals surface area contributed by atoms with Crippen molar-refractivity contribution >= 4 is 0 Å². The molecular weight excluding hydrogens is 204 g/mol. The summed E-state index contributed by atoms with van der Waals surface area (Å²) in [5.74, 6) is 5.03. The predicted octanol–water partition coefficient (Wildman–Crippen LogP) is -1.54. The highest BCUT2D eigenvalue weighted by Crippen LogP contribution is 1.89. The van der Waals surface area contributed by atoms with Gasteiger partial charge in [-0.25, -0.2) is 0 Å². The zero-order chi connectivity index (χ0) is 12.5. The Labute approximate surface area is 99.5 Å². The predicted molar refractivity (Wildman–Crippen MR) is 70.7 cm³/mol. The molecule has 0 aliphatic carbocycles. The lowest BCUT2D eigenvalue weighted by atomic mass is 10.2. The van der Waals surface area contributed by atoms with Crippen LogP contribution in [0.15, 0.2) is 0 Å². The molecule has 0 unspecified atom stereocenters. The summed E-state index contributed by atoms with van der Waals surface area (Å²) in [5, 5.41) is 3.13. The molecule has 0 bridgehead atoms. The van der Waals surface area contributed by atoms with E-state index in [0.717, 1.165) is 52.0 Å². The van der Waals surface area contributed by atoms with Gasteiger partial charge in [0.15, 0.2) is 0 Å². The largest absolute Gasteiger partial charge is 0.330 e. The van der Waals surface area contributed by atoms with E-state index < -0.39 is 0 Å². The maximum absolute atomic E-state index is 5.26. The van der Waals surface area contributed by atoms with E-state index in [1.54, 1.807) is 0 Å². The zero-order valence-corrected chi connectivity index (χ0v) is 10.4. The SMILES string of the molecule is NCCCCCNN.NCCCNCCN. The second kappa shape index (κ2) is 20.2. The third-order valence-corrected chi connectivity index (χ3v) is 1.90. The Bertz CT molecular complexity index is 77.3. The molecule has 0 aliphatic rings. The van der Waals surface area contributed by atoms with E-state index in [0.29, 0.717) is 6.54 Å². The summed E-state index contributed by atoms with van der Waals surface area (Å²) in [4.78, 5) is 0. The Morgan fingerprint density at radius 2 is 1.31 bits per heavy atom. The van der Waals surface area contributed by atoms with E-state index in [-0.39, 0.29) is 0 Å². The molecule has 0 aliphatic heterocycles. The fraction of sp³-hybridized carbons (Fsp3) is 1.00. The Morgan fingerprint density at radius 3 is 1.81 bits per heavy atom. The van der Waals surface area contributed by atoms with Crippen molar-refractivity contribution in [1.29, 1.82) is 0 Å². The molecule has 0 rings (SSSR count). The molecule has 10 N–H and O–H groups in total. The van der Waals surface area contributed by atoms with Gasteiger partial charge in [-0.05, 0) is 38.9 Å². The Kier molecular flexibility index (Phi) is 22.9. The Hall–Kier alpha value is -0.240. The monoisotopic (exact) mass is 234 g/mol. The van der Waals surface area contributed by atoms with Crippen molar-refractivity contribution in [2.75, 3.05) is 39.3 Å². The molecule has 6 heteroatoms. The summed E-state index contributed by atoms with van der Waals surface area (Å²) >= 11 is 0. The van der Waals surface area contributed by atoms with Gasteiger partial charge in [-0.15, -0.1) is 0 Å². The van der Waals surface area contributed by atoms with E-state index in [4.69, 9.17) is 23.0 Å². The van der Waals surface area contributed by atoms with Crippen molar-refractivity contribution in [3.05, 3.63) is 0 Å². The van der Waals surface area contributed by atoms with Crippen molar-refractivity contribution in [1.82, 2.24) is 10.7 Å². The lowest BCUT2D eigenvalue weighted by Gasteiger charge is -1.98. The number of unbranched alkanes of at least 4 members (excludes halogenated alkanes) is 2. The minimum Gasteiger partial charge on any atom is -0.330 e. The summed E-state index contributed by atoms with van der Waals surface area (Å²) in [7, 11) is 0. The molecule has 6 nitrogen and oxygen atoms in total. The summed E-state index contributed by atoms with van der Waals surface area (Å²) in [5.41, 5.74) is 18.3. The highest BCUT2D eigenvalue weighted by Gasteiger charge is 1.83. The third kappa shape index (κ3) is 23.5. The molecule has 0 spiro atoms. The second-order valence-electron chi connectivity index (χ2n) is 3.48. The molecule has 16 heavy (non-hydrogen) atoms. The van der Waals surface area contributed by atoms with E-state index in [2.05, 4.69) is 10.7 Å². The van der Waals surface area contributed by atoms with Gasteiger partial charge in [-0.3, -0.25) is 11.3 Å². The molecule has 100 valence electrons. The van der Waals surface area contributed by atoms with Crippen molar-refractivity contribution in [3.63, 3.8) is 0 Å². The number of nitrogens with two attached hydrogens (primary N) is 4. The fourth-order valence-corrected chi connectivity index (χ4v) is 1.00. The van der Waals surface area contributed by atoms with Crippen LogP contribution in [0.1, 0.15) is 25.7 Å². The van der Waals surface area contributed by atoms with Crippen molar-refractivity contribution in [3.8, 4) is 0 Å². The van der Waals surface area contributed by atoms with Gasteiger partial charge in [0.05, 0.1) is 0 Å². The fourth-order valence-electron chi connectivity index (χ4n) is 1.00. The van der Waals surface area contributed by atoms with Crippen LogP contribution in [0.4, 0.5) is 0 Å². The van der Waals surface area contributed by atoms with Crippen LogP contribution in [0.5, 0.6) is 0 Å². The molecule has 0 amide bonds. The normalized spacial score (nSPS) is 9.75. The molecule has 0 fully saturated rings. The van der Waals surface area contributed by atoms with Gasteiger partial charge in [0.2, 0.25) is 0 Å². The van der Waals surface area contributed by atoms with Crippen LogP contribution in [-0.4, -0.2) is 39.3 Å².